The van der Waals surface area contributed by atoms with Crippen LogP contribution in [0.3, 0.4) is 0 Å². The second kappa shape index (κ2) is 7.94. The minimum atomic E-state index is -0.327. The number of hydrogen-bond donors (Lipinski definition) is 1. The van der Waals surface area contributed by atoms with Crippen molar-refractivity contribution in [3.8, 4) is 5.69 Å². The third-order valence-electron chi connectivity index (χ3n) is 5.33. The maximum Gasteiger partial charge on any atom is 0.253 e. The molecule has 3 heterocycles. The molecule has 8 heteroatoms. The van der Waals surface area contributed by atoms with Gasteiger partial charge in [0.25, 0.3) is 5.91 Å². The number of rotatable bonds is 4. The number of hydrogen-bond acceptors (Lipinski definition) is 4. The highest BCUT2D eigenvalue weighted by Gasteiger charge is 2.14. The number of fused-ring (bicyclic) bond motifs is 2. The first kappa shape index (κ1) is 20.0. The van der Waals surface area contributed by atoms with Crippen molar-refractivity contribution < 1.29 is 4.79 Å². The number of carbonyl (C=O) groups excluding carboxylic acids is 1. The van der Waals surface area contributed by atoms with Gasteiger partial charge >= 0.3 is 0 Å². The largest absolute Gasteiger partial charge is 0.348 e. The summed E-state index contributed by atoms with van der Waals surface area (Å²) in [5.41, 5.74) is 3.61. The lowest BCUT2D eigenvalue weighted by molar-refractivity contribution is 0.0950. The smallest absolute Gasteiger partial charge is 0.253 e. The normalized spacial score (nSPS) is 11.2. The molecule has 0 bridgehead atoms. The lowest BCUT2D eigenvalue weighted by Gasteiger charge is -2.14. The van der Waals surface area contributed by atoms with Crippen molar-refractivity contribution in [3.63, 3.8) is 0 Å². The summed E-state index contributed by atoms with van der Waals surface area (Å²) in [4.78, 5) is 34.4. The van der Waals surface area contributed by atoms with E-state index in [4.69, 9.17) is 11.6 Å². The topological polar surface area (TPSA) is 81.8 Å². The Hall–Kier alpha value is -3.97. The Kier molecular flexibility index (Phi) is 4.95. The van der Waals surface area contributed by atoms with E-state index >= 15 is 0 Å². The van der Waals surface area contributed by atoms with Crippen LogP contribution >= 0.6 is 11.6 Å². The monoisotopic (exact) mass is 443 g/mol. The number of imidazole rings is 1. The van der Waals surface area contributed by atoms with Crippen LogP contribution < -0.4 is 10.7 Å². The summed E-state index contributed by atoms with van der Waals surface area (Å²) in [6.45, 7) is 0.0727. The third kappa shape index (κ3) is 3.52. The highest BCUT2D eigenvalue weighted by atomic mass is 35.5. The van der Waals surface area contributed by atoms with Crippen LogP contribution in [0.25, 0.3) is 27.8 Å². The van der Waals surface area contributed by atoms with Crippen LogP contribution in [0.4, 0.5) is 0 Å². The number of aryl methyl sites for hydroxylation is 1. The van der Waals surface area contributed by atoms with Gasteiger partial charge in [-0.25, -0.2) is 9.97 Å². The van der Waals surface area contributed by atoms with Crippen molar-refractivity contribution in [2.45, 2.75) is 6.54 Å². The number of nitrogens with zero attached hydrogens (tertiary/aromatic N) is 4. The molecule has 2 aromatic carbocycles. The molecule has 7 nitrogen and oxygen atoms in total. The Morgan fingerprint density at radius 3 is 2.72 bits per heavy atom. The Bertz CT molecular complexity index is 1540. The molecule has 0 radical (unpaired) electrons. The first-order valence-corrected chi connectivity index (χ1v) is 10.3. The predicted molar refractivity (Wildman–Crippen MR) is 124 cm³/mol. The molecule has 0 unspecified atom stereocenters. The fourth-order valence-corrected chi connectivity index (χ4v) is 3.87. The summed E-state index contributed by atoms with van der Waals surface area (Å²) in [7, 11) is 1.84. The Balaban J connectivity index is 1.51. The van der Waals surface area contributed by atoms with Gasteiger partial charge in [0.15, 0.2) is 11.1 Å². The van der Waals surface area contributed by atoms with E-state index in [0.29, 0.717) is 38.2 Å². The van der Waals surface area contributed by atoms with Gasteiger partial charge < -0.3 is 14.5 Å². The number of halogens is 1. The van der Waals surface area contributed by atoms with Crippen molar-refractivity contribution in [3.05, 3.63) is 99.7 Å². The fourth-order valence-electron chi connectivity index (χ4n) is 3.70. The lowest BCUT2D eigenvalue weighted by Crippen LogP contribution is -2.27. The van der Waals surface area contributed by atoms with E-state index in [0.717, 1.165) is 5.69 Å². The van der Waals surface area contributed by atoms with Crippen molar-refractivity contribution in [1.29, 1.82) is 0 Å². The Labute approximate surface area is 187 Å². The van der Waals surface area contributed by atoms with Gasteiger partial charge in [-0.1, -0.05) is 29.8 Å². The quantitative estimate of drug-likeness (QED) is 0.457. The molecule has 0 spiro atoms. The van der Waals surface area contributed by atoms with E-state index in [-0.39, 0.29) is 17.9 Å². The van der Waals surface area contributed by atoms with Gasteiger partial charge in [0.05, 0.1) is 17.4 Å². The molecule has 0 saturated heterocycles. The van der Waals surface area contributed by atoms with Gasteiger partial charge in [0.2, 0.25) is 0 Å². The molecule has 1 N–H and O–H groups in total. The number of para-hydroxylation sites is 1. The average Bonchev–Trinajstić information content (AvgIpc) is 3.19. The lowest BCUT2D eigenvalue weighted by atomic mass is 10.1. The summed E-state index contributed by atoms with van der Waals surface area (Å²) in [6, 6.07) is 16.5. The molecule has 5 aromatic rings. The van der Waals surface area contributed by atoms with Crippen LogP contribution in [-0.4, -0.2) is 25.0 Å². The first-order chi connectivity index (χ1) is 15.5. The number of carbonyl (C=O) groups is 1. The van der Waals surface area contributed by atoms with Crippen molar-refractivity contribution >= 4 is 39.6 Å². The zero-order chi connectivity index (χ0) is 22.2. The summed E-state index contributed by atoms with van der Waals surface area (Å²) in [6.07, 6.45) is 4.90. The van der Waals surface area contributed by atoms with Gasteiger partial charge in [-0.15, -0.1) is 0 Å². The number of aromatic nitrogens is 4. The highest BCUT2D eigenvalue weighted by molar-refractivity contribution is 6.31. The van der Waals surface area contributed by atoms with Crippen LogP contribution in [0, 0.1) is 0 Å². The van der Waals surface area contributed by atoms with E-state index in [1.165, 1.54) is 6.20 Å². The van der Waals surface area contributed by atoms with E-state index in [1.807, 2.05) is 41.9 Å². The minimum absolute atomic E-state index is 0.0727. The maximum atomic E-state index is 13.1. The van der Waals surface area contributed by atoms with E-state index in [9.17, 15) is 9.59 Å². The number of pyridine rings is 2. The van der Waals surface area contributed by atoms with Gasteiger partial charge in [-0.2, -0.15) is 0 Å². The molecule has 0 atom stereocenters. The molecule has 1 amide bonds. The first-order valence-electron chi connectivity index (χ1n) is 9.96. The summed E-state index contributed by atoms with van der Waals surface area (Å²) in [5.74, 6) is -0.327. The molecule has 32 heavy (non-hydrogen) atoms. The van der Waals surface area contributed by atoms with Gasteiger partial charge in [-0.3, -0.25) is 9.59 Å². The van der Waals surface area contributed by atoms with Crippen molar-refractivity contribution in [2.75, 3.05) is 0 Å². The zero-order valence-corrected chi connectivity index (χ0v) is 17.9. The second-order valence-corrected chi connectivity index (χ2v) is 7.89. The number of benzene rings is 2. The molecule has 158 valence electrons. The summed E-state index contributed by atoms with van der Waals surface area (Å²) in [5, 5.41) is 3.90. The zero-order valence-electron chi connectivity index (χ0n) is 17.1. The van der Waals surface area contributed by atoms with Crippen LogP contribution in [0.5, 0.6) is 0 Å². The van der Waals surface area contributed by atoms with Crippen LogP contribution in [0.15, 0.2) is 78.1 Å². The third-order valence-corrected chi connectivity index (χ3v) is 5.56. The molecule has 0 aliphatic heterocycles. The maximum absolute atomic E-state index is 13.1. The minimum Gasteiger partial charge on any atom is -0.348 e. The van der Waals surface area contributed by atoms with Crippen LogP contribution in [0.2, 0.25) is 5.02 Å². The van der Waals surface area contributed by atoms with E-state index in [1.54, 1.807) is 41.4 Å². The van der Waals surface area contributed by atoms with Crippen LogP contribution in [0.1, 0.15) is 15.9 Å². The fraction of sp³-hybridized carbons (Fsp3) is 0.0833. The molecule has 0 saturated carbocycles. The predicted octanol–water partition coefficient (Wildman–Crippen LogP) is 3.86. The average molecular weight is 444 g/mol. The molecular formula is C24H18ClN5O2. The number of nitrogens with one attached hydrogen (secondary N) is 1. The van der Waals surface area contributed by atoms with Gasteiger partial charge in [-0.05, 0) is 36.4 Å². The van der Waals surface area contributed by atoms with E-state index in [2.05, 4.69) is 15.3 Å². The molecule has 0 aliphatic carbocycles. The van der Waals surface area contributed by atoms with Crippen molar-refractivity contribution in [1.82, 2.24) is 24.4 Å². The van der Waals surface area contributed by atoms with Crippen LogP contribution in [-0.2, 0) is 13.6 Å². The summed E-state index contributed by atoms with van der Waals surface area (Å²) < 4.78 is 3.69. The molecular weight excluding hydrogens is 426 g/mol. The number of amides is 1. The summed E-state index contributed by atoms with van der Waals surface area (Å²) >= 11 is 6.20. The van der Waals surface area contributed by atoms with Gasteiger partial charge in [0, 0.05) is 47.6 Å². The molecule has 0 aliphatic rings. The van der Waals surface area contributed by atoms with Crippen molar-refractivity contribution in [2.24, 2.45) is 7.05 Å². The second-order valence-electron chi connectivity index (χ2n) is 7.46. The Morgan fingerprint density at radius 1 is 1.09 bits per heavy atom. The highest BCUT2D eigenvalue weighted by Crippen LogP contribution is 2.21. The van der Waals surface area contributed by atoms with E-state index < -0.39 is 0 Å². The SMILES string of the molecule is Cn1cnc2cc(C(=O)NCc3cn(-c4ccccc4)c4cc(Cl)ccc4c3=O)cnc21. The standard InChI is InChI=1S/C24H18ClN5O2/c1-29-14-28-20-9-15(11-26-23(20)29)24(32)27-12-16-13-30(18-5-3-2-4-6-18)21-10-17(25)7-8-19(21)22(16)31/h2-11,13-14H,12H2,1H3,(H,27,32). The Morgan fingerprint density at radius 2 is 1.91 bits per heavy atom. The molecule has 3 aromatic heterocycles. The molecule has 5 rings (SSSR count). The molecule has 0 fully saturated rings. The van der Waals surface area contributed by atoms with Gasteiger partial charge in [0.1, 0.15) is 5.52 Å².